The van der Waals surface area contributed by atoms with Crippen molar-refractivity contribution >= 4 is 23.0 Å². The average molecular weight is 241 g/mol. The predicted molar refractivity (Wildman–Crippen MR) is 64.2 cm³/mol. The van der Waals surface area contributed by atoms with E-state index in [2.05, 4.69) is 4.90 Å². The van der Waals surface area contributed by atoms with Crippen molar-refractivity contribution in [1.29, 1.82) is 0 Å². The maximum Gasteiger partial charge on any atom is 0.269 e. The number of nitro groups is 1. The van der Waals surface area contributed by atoms with Crippen LogP contribution < -0.4 is 4.90 Å². The molecule has 0 aromatic heterocycles. The number of nitrogens with zero attached hydrogens (tertiary/aromatic N) is 2. The van der Waals surface area contributed by atoms with E-state index in [1.807, 2.05) is 0 Å². The molecule has 0 radical (unpaired) electrons. The minimum absolute atomic E-state index is 0.130. The van der Waals surface area contributed by atoms with E-state index >= 15 is 0 Å². The Bertz CT molecular complexity index is 380. The summed E-state index contributed by atoms with van der Waals surface area (Å²) in [5.74, 6) is 0.608. The van der Waals surface area contributed by atoms with Gasteiger partial charge in [-0.05, 0) is 25.0 Å². The van der Waals surface area contributed by atoms with Crippen LogP contribution in [0.25, 0.3) is 0 Å². The molecular formula is C11H13ClN2O2. The molecule has 1 aromatic carbocycles. The van der Waals surface area contributed by atoms with Gasteiger partial charge in [-0.3, -0.25) is 10.1 Å². The van der Waals surface area contributed by atoms with Gasteiger partial charge in [0, 0.05) is 36.3 Å². The molecule has 0 unspecified atom stereocenters. The van der Waals surface area contributed by atoms with Crippen LogP contribution in [0.1, 0.15) is 12.8 Å². The summed E-state index contributed by atoms with van der Waals surface area (Å²) < 4.78 is 0. The quantitative estimate of drug-likeness (QED) is 0.464. The Morgan fingerprint density at radius 3 is 2.69 bits per heavy atom. The fraction of sp³-hybridized carbons (Fsp3) is 0.455. The normalized spacial score (nSPS) is 20.1. The van der Waals surface area contributed by atoms with E-state index < -0.39 is 0 Å². The fourth-order valence-corrected chi connectivity index (χ4v) is 2.42. The predicted octanol–water partition coefficient (Wildman–Crippen LogP) is 2.80. The molecule has 0 saturated carbocycles. The molecule has 1 aliphatic rings. The van der Waals surface area contributed by atoms with Gasteiger partial charge >= 0.3 is 0 Å². The molecule has 0 aliphatic carbocycles. The van der Waals surface area contributed by atoms with Gasteiger partial charge in [0.05, 0.1) is 4.92 Å². The number of anilines is 1. The summed E-state index contributed by atoms with van der Waals surface area (Å²) in [7, 11) is 0. The molecule has 16 heavy (non-hydrogen) atoms. The lowest BCUT2D eigenvalue weighted by Crippen LogP contribution is -2.30. The highest BCUT2D eigenvalue weighted by molar-refractivity contribution is 6.18. The number of rotatable bonds is 3. The second-order valence-corrected chi connectivity index (χ2v) is 4.23. The number of halogens is 1. The van der Waals surface area contributed by atoms with Crippen molar-refractivity contribution in [2.45, 2.75) is 18.9 Å². The zero-order valence-corrected chi connectivity index (χ0v) is 9.56. The largest absolute Gasteiger partial charge is 0.367 e. The third-order valence-corrected chi connectivity index (χ3v) is 3.30. The third kappa shape index (κ3) is 2.11. The summed E-state index contributed by atoms with van der Waals surface area (Å²) >= 11 is 5.88. The Balaban J connectivity index is 2.18. The first-order chi connectivity index (χ1) is 7.72. The number of alkyl halides is 1. The number of benzene rings is 1. The molecule has 1 saturated heterocycles. The highest BCUT2D eigenvalue weighted by Gasteiger charge is 2.23. The smallest absolute Gasteiger partial charge is 0.269 e. The van der Waals surface area contributed by atoms with Crippen LogP contribution in [-0.4, -0.2) is 23.4 Å². The molecule has 1 aliphatic heterocycles. The van der Waals surface area contributed by atoms with E-state index in [0.29, 0.717) is 11.9 Å². The maximum atomic E-state index is 10.5. The summed E-state index contributed by atoms with van der Waals surface area (Å²) in [5.41, 5.74) is 1.15. The number of hydrogen-bond donors (Lipinski definition) is 0. The van der Waals surface area contributed by atoms with Gasteiger partial charge in [-0.2, -0.15) is 0 Å². The molecule has 0 amide bonds. The van der Waals surface area contributed by atoms with Gasteiger partial charge < -0.3 is 4.90 Å². The number of nitro benzene ring substituents is 1. The lowest BCUT2D eigenvalue weighted by Gasteiger charge is -2.24. The summed E-state index contributed by atoms with van der Waals surface area (Å²) in [6, 6.07) is 7.03. The lowest BCUT2D eigenvalue weighted by atomic mass is 10.2. The average Bonchev–Trinajstić information content (AvgIpc) is 2.77. The van der Waals surface area contributed by atoms with E-state index in [1.54, 1.807) is 24.3 Å². The van der Waals surface area contributed by atoms with E-state index in [1.165, 1.54) is 0 Å². The van der Waals surface area contributed by atoms with Gasteiger partial charge in [0.2, 0.25) is 0 Å². The van der Waals surface area contributed by atoms with Crippen molar-refractivity contribution in [2.75, 3.05) is 17.3 Å². The molecule has 86 valence electrons. The highest BCUT2D eigenvalue weighted by Crippen LogP contribution is 2.27. The highest BCUT2D eigenvalue weighted by atomic mass is 35.5. The Morgan fingerprint density at radius 1 is 1.44 bits per heavy atom. The van der Waals surface area contributed by atoms with Crippen LogP contribution in [0.3, 0.4) is 0 Å². The number of hydrogen-bond acceptors (Lipinski definition) is 3. The molecule has 1 heterocycles. The van der Waals surface area contributed by atoms with Gasteiger partial charge in [-0.25, -0.2) is 0 Å². The van der Waals surface area contributed by atoms with Crippen LogP contribution in [-0.2, 0) is 0 Å². The van der Waals surface area contributed by atoms with Crippen molar-refractivity contribution in [3.05, 3.63) is 34.4 Å². The van der Waals surface area contributed by atoms with Gasteiger partial charge in [-0.15, -0.1) is 11.6 Å². The zero-order chi connectivity index (χ0) is 11.5. The lowest BCUT2D eigenvalue weighted by molar-refractivity contribution is -0.384. The van der Waals surface area contributed by atoms with Crippen LogP contribution in [0, 0.1) is 10.1 Å². The third-order valence-electron chi connectivity index (χ3n) is 2.95. The van der Waals surface area contributed by atoms with Crippen LogP contribution in [0.15, 0.2) is 24.3 Å². The fourth-order valence-electron chi connectivity index (χ4n) is 2.10. The molecule has 2 rings (SSSR count). The Labute approximate surface area is 99.0 Å². The molecule has 0 spiro atoms. The molecule has 1 aromatic rings. The molecule has 1 fully saturated rings. The van der Waals surface area contributed by atoms with Gasteiger partial charge in [-0.1, -0.05) is 0 Å². The van der Waals surface area contributed by atoms with Crippen LogP contribution in [0.5, 0.6) is 0 Å². The summed E-state index contributed by atoms with van der Waals surface area (Å²) in [6.07, 6.45) is 2.23. The van der Waals surface area contributed by atoms with Crippen LogP contribution in [0.2, 0.25) is 0 Å². The van der Waals surface area contributed by atoms with Crippen molar-refractivity contribution in [3.8, 4) is 0 Å². The Hall–Kier alpha value is -1.29. The standard InChI is InChI=1S/C11H13ClN2O2/c12-8-11-2-1-7-13(11)9-3-5-10(6-4-9)14(15)16/h3-6,11H,1-2,7-8H2/t11-/m0/s1. The molecule has 0 bridgehead atoms. The molecule has 1 atom stereocenters. The molecule has 4 nitrogen and oxygen atoms in total. The van der Waals surface area contributed by atoms with Crippen molar-refractivity contribution in [2.24, 2.45) is 0 Å². The molecule has 5 heteroatoms. The Morgan fingerprint density at radius 2 is 2.12 bits per heavy atom. The number of non-ortho nitro benzene ring substituents is 1. The maximum absolute atomic E-state index is 10.5. The van der Waals surface area contributed by atoms with E-state index in [4.69, 9.17) is 11.6 Å². The van der Waals surface area contributed by atoms with Crippen molar-refractivity contribution in [3.63, 3.8) is 0 Å². The van der Waals surface area contributed by atoms with Gasteiger partial charge in [0.25, 0.3) is 5.69 Å². The Kier molecular flexibility index (Phi) is 3.29. The summed E-state index contributed by atoms with van der Waals surface area (Å²) in [6.45, 7) is 0.981. The minimum Gasteiger partial charge on any atom is -0.367 e. The van der Waals surface area contributed by atoms with Crippen molar-refractivity contribution < 1.29 is 4.92 Å². The molecular weight excluding hydrogens is 228 g/mol. The van der Waals surface area contributed by atoms with Crippen molar-refractivity contribution in [1.82, 2.24) is 0 Å². The second kappa shape index (κ2) is 4.70. The van der Waals surface area contributed by atoms with E-state index in [-0.39, 0.29) is 10.6 Å². The second-order valence-electron chi connectivity index (χ2n) is 3.92. The summed E-state index contributed by atoms with van der Waals surface area (Å²) in [4.78, 5) is 12.4. The minimum atomic E-state index is -0.382. The SMILES string of the molecule is O=[N+]([O-])c1ccc(N2CCC[C@H]2CCl)cc1. The summed E-state index contributed by atoms with van der Waals surface area (Å²) in [5, 5.41) is 10.5. The van der Waals surface area contributed by atoms with E-state index in [0.717, 1.165) is 25.1 Å². The van der Waals surface area contributed by atoms with Crippen LogP contribution in [0.4, 0.5) is 11.4 Å². The monoisotopic (exact) mass is 240 g/mol. The van der Waals surface area contributed by atoms with Gasteiger partial charge in [0.1, 0.15) is 0 Å². The topological polar surface area (TPSA) is 46.4 Å². The first-order valence-electron chi connectivity index (χ1n) is 5.29. The molecule has 0 N–H and O–H groups in total. The van der Waals surface area contributed by atoms with Gasteiger partial charge in [0.15, 0.2) is 0 Å². The first kappa shape index (κ1) is 11.2. The zero-order valence-electron chi connectivity index (χ0n) is 8.80. The van der Waals surface area contributed by atoms with E-state index in [9.17, 15) is 10.1 Å². The first-order valence-corrected chi connectivity index (χ1v) is 5.83. The van der Waals surface area contributed by atoms with Crippen LogP contribution >= 0.6 is 11.6 Å².